The quantitative estimate of drug-likeness (QED) is 0.0465. The molecular formula is C40H57KN3O18S+. The molecule has 21 nitrogen and oxygen atoms in total. The van der Waals surface area contributed by atoms with Gasteiger partial charge in [0.05, 0.1) is 146 Å². The summed E-state index contributed by atoms with van der Waals surface area (Å²) in [6, 6.07) is 3.67. The summed E-state index contributed by atoms with van der Waals surface area (Å²) in [6.07, 6.45) is 13.5. The third-order valence-electron chi connectivity index (χ3n) is 9.82. The van der Waals surface area contributed by atoms with Crippen molar-refractivity contribution in [2.75, 3.05) is 107 Å². The fourth-order valence-electron chi connectivity index (χ4n) is 6.97. The molecule has 1 aromatic rings. The minimum Gasteiger partial charge on any atom is -0.473 e. The van der Waals surface area contributed by atoms with Gasteiger partial charge < -0.3 is 42.3 Å². The molecule has 1 N–H and O–H groups in total. The predicted molar refractivity (Wildman–Crippen MR) is 215 cm³/mol. The van der Waals surface area contributed by atoms with Crippen LogP contribution in [0.2, 0.25) is 0 Å². The van der Waals surface area contributed by atoms with Crippen molar-refractivity contribution < 1.29 is 136 Å². The predicted octanol–water partition coefficient (Wildman–Crippen LogP) is -3.47. The Hall–Kier alpha value is -2.85. The van der Waals surface area contributed by atoms with Crippen LogP contribution in [0.15, 0.2) is 65.5 Å². The Morgan fingerprint density at radius 1 is 0.571 bits per heavy atom. The van der Waals surface area contributed by atoms with Crippen LogP contribution < -0.4 is 56.7 Å². The molecule has 63 heavy (non-hydrogen) atoms. The summed E-state index contributed by atoms with van der Waals surface area (Å²) in [5, 5.41) is 2.32. The van der Waals surface area contributed by atoms with Crippen molar-refractivity contribution in [1.82, 2.24) is 15.1 Å². The second-order valence-corrected chi connectivity index (χ2v) is 15.6. The summed E-state index contributed by atoms with van der Waals surface area (Å²) >= 11 is 0. The summed E-state index contributed by atoms with van der Waals surface area (Å²) in [6.45, 7) is 4.54. The van der Waals surface area contributed by atoms with E-state index in [4.69, 9.17) is 37.9 Å². The zero-order valence-corrected chi connectivity index (χ0v) is 40.0. The van der Waals surface area contributed by atoms with Crippen molar-refractivity contribution >= 4 is 45.6 Å². The van der Waals surface area contributed by atoms with Crippen molar-refractivity contribution in [3.8, 4) is 0 Å². The number of carbonyl (C=O) groups is 6. The second kappa shape index (κ2) is 28.2. The first-order valence-electron chi connectivity index (χ1n) is 19.8. The van der Waals surface area contributed by atoms with Crippen LogP contribution in [0.25, 0.3) is 0 Å². The van der Waals surface area contributed by atoms with E-state index in [1.807, 2.05) is 36.4 Å². The molecular weight excluding hydrogens is 882 g/mol. The normalized spacial score (nSPS) is 26.3. The van der Waals surface area contributed by atoms with Crippen molar-refractivity contribution in [3.63, 3.8) is 0 Å². The first-order chi connectivity index (χ1) is 29.8. The second-order valence-electron chi connectivity index (χ2n) is 14.0. The summed E-state index contributed by atoms with van der Waals surface area (Å²) < 4.78 is 70.5. The van der Waals surface area contributed by atoms with Gasteiger partial charge in [0.2, 0.25) is 23.6 Å². The SMILES string of the molecule is COCCOCCN1C(=O)C2C3C=CC(O3)C2C1=O.COCCOCCN1C(=O)C=CC1=O.COCCOCCOS(C)(=O)=O.O=C1NC(=O)C2C3C=CC(O3)C12.[2HH].[K+].c1ccoc1. The number of likely N-dealkylation sites (tertiary alicyclic amines) is 1. The number of rotatable bonds is 19. The number of nitrogens with one attached hydrogen (secondary N) is 1. The molecule has 8 heterocycles. The number of hydrogen-bond donors (Lipinski definition) is 1. The van der Waals surface area contributed by atoms with Crippen LogP contribution in [0.1, 0.15) is 1.43 Å². The van der Waals surface area contributed by atoms with Crippen molar-refractivity contribution in [2.45, 2.75) is 24.4 Å². The molecule has 8 atom stereocenters. The maximum Gasteiger partial charge on any atom is 1.00 e. The van der Waals surface area contributed by atoms with Gasteiger partial charge in [0, 0.05) is 34.9 Å². The van der Waals surface area contributed by atoms with E-state index in [0.29, 0.717) is 65.9 Å². The molecule has 0 spiro atoms. The third kappa shape index (κ3) is 16.5. The van der Waals surface area contributed by atoms with Crippen molar-refractivity contribution in [2.24, 2.45) is 23.7 Å². The van der Waals surface area contributed by atoms with E-state index in [1.165, 1.54) is 17.1 Å². The summed E-state index contributed by atoms with van der Waals surface area (Å²) in [7, 11) is 1.42. The van der Waals surface area contributed by atoms with Gasteiger partial charge in [-0.1, -0.05) is 24.3 Å². The topological polar surface area (TPSA) is 251 Å². The Morgan fingerprint density at radius 3 is 1.33 bits per heavy atom. The summed E-state index contributed by atoms with van der Waals surface area (Å²) in [5.41, 5.74) is 0. The number of hydrogen-bond acceptors (Lipinski definition) is 18. The molecule has 0 aromatic carbocycles. The molecule has 4 saturated heterocycles. The molecule has 7 aliphatic heterocycles. The number of amides is 6. The number of carbonyl (C=O) groups excluding carboxylic acids is 6. The monoisotopic (exact) mass is 939 g/mol. The van der Waals surface area contributed by atoms with Gasteiger partial charge in [-0.2, -0.15) is 8.42 Å². The summed E-state index contributed by atoms with van der Waals surface area (Å²) in [4.78, 5) is 71.4. The first-order valence-corrected chi connectivity index (χ1v) is 21.6. The van der Waals surface area contributed by atoms with Gasteiger partial charge in [-0.15, -0.1) is 0 Å². The van der Waals surface area contributed by atoms with E-state index in [9.17, 15) is 37.2 Å². The van der Waals surface area contributed by atoms with E-state index in [2.05, 4.69) is 13.9 Å². The van der Waals surface area contributed by atoms with Crippen LogP contribution in [0.5, 0.6) is 0 Å². The van der Waals surface area contributed by atoms with Crippen molar-refractivity contribution in [3.05, 3.63) is 61.1 Å². The van der Waals surface area contributed by atoms with Gasteiger partial charge in [-0.05, 0) is 12.1 Å². The Kier molecular flexibility index (Phi) is 24.4. The smallest absolute Gasteiger partial charge is 0.473 e. The zero-order chi connectivity index (χ0) is 45.1. The van der Waals surface area contributed by atoms with Crippen LogP contribution in [-0.2, 0) is 81.0 Å². The third-order valence-corrected chi connectivity index (χ3v) is 10.4. The molecule has 7 aliphatic rings. The van der Waals surface area contributed by atoms with Gasteiger partial charge in [-0.3, -0.25) is 48.1 Å². The van der Waals surface area contributed by atoms with E-state index < -0.39 is 10.1 Å². The maximum atomic E-state index is 12.2. The molecule has 1 aromatic heterocycles. The molecule has 0 aliphatic carbocycles. The van der Waals surface area contributed by atoms with E-state index in [0.717, 1.165) is 11.2 Å². The van der Waals surface area contributed by atoms with Gasteiger partial charge in [0.15, 0.2) is 0 Å². The minimum atomic E-state index is -3.33. The molecule has 23 heteroatoms. The average molecular weight is 940 g/mol. The maximum absolute atomic E-state index is 12.2. The molecule has 8 rings (SSSR count). The average Bonchev–Trinajstić information content (AvgIpc) is 4.12. The fourth-order valence-corrected chi connectivity index (χ4v) is 7.35. The van der Waals surface area contributed by atoms with Crippen LogP contribution in [-0.4, -0.2) is 185 Å². The summed E-state index contributed by atoms with van der Waals surface area (Å²) in [5.74, 6) is -2.30. The molecule has 0 saturated carbocycles. The largest absolute Gasteiger partial charge is 1.00 e. The van der Waals surface area contributed by atoms with Crippen LogP contribution in [0.4, 0.5) is 0 Å². The molecule has 0 radical (unpaired) electrons. The molecule has 346 valence electrons. The minimum absolute atomic E-state index is 0. The van der Waals surface area contributed by atoms with Crippen molar-refractivity contribution in [1.29, 1.82) is 0 Å². The van der Waals surface area contributed by atoms with E-state index >= 15 is 0 Å². The van der Waals surface area contributed by atoms with Gasteiger partial charge in [-0.25, -0.2) is 0 Å². The Labute approximate surface area is 410 Å². The standard InChI is InChI=1S/C13H17NO5.C9H13NO4.C8H7NO3.C6H14O5S.C4H4O.K.H2/c1-17-6-7-18-5-4-14-12(15)10-8-2-3-9(19-8)11(10)13(14)16;1-13-6-7-14-5-4-10-8(11)2-3-9(10)12;10-7-5-3-1-2-4(12-3)6(5)8(11)9-7;1-9-3-4-10-5-6-11-12(2,7)8;1-2-4-5-3-1;;/h2-3,8-11H,4-7H2,1H3;2-3H,4-7H2,1H3;1-6H,(H,9,10,11);3-6H2,1-2H3;1-4H;;1H/q;;;;;+1;/i;;;;;;1+1. The number of fused-ring (bicyclic) bond motifs is 10. The van der Waals surface area contributed by atoms with E-state index in [1.54, 1.807) is 33.9 Å². The zero-order valence-electron chi connectivity index (χ0n) is 36.0. The number of ether oxygens (including phenoxy) is 8. The molecule has 8 unspecified atom stereocenters. The number of methoxy groups -OCH3 is 3. The van der Waals surface area contributed by atoms with Crippen LogP contribution in [0, 0.1) is 23.7 Å². The van der Waals surface area contributed by atoms with Crippen LogP contribution in [0.3, 0.4) is 0 Å². The molecule has 6 amide bonds. The number of furan rings is 1. The Morgan fingerprint density at radius 2 is 0.952 bits per heavy atom. The van der Waals surface area contributed by atoms with Gasteiger partial charge in [0.25, 0.3) is 21.9 Å². The molecule has 4 bridgehead atoms. The first kappa shape index (κ1) is 54.5. The van der Waals surface area contributed by atoms with E-state index in [-0.39, 0.29) is 150 Å². The molecule has 4 fully saturated rings. The van der Waals surface area contributed by atoms with Gasteiger partial charge >= 0.3 is 51.4 Å². The number of imide groups is 3. The van der Waals surface area contributed by atoms with Gasteiger partial charge in [0.1, 0.15) is 0 Å². The Bertz CT molecular complexity index is 1760. The Balaban J connectivity index is 0.000000284. The fraction of sp³-hybridized carbons (Fsp3) is 0.600. The van der Waals surface area contributed by atoms with Crippen LogP contribution >= 0.6 is 0 Å². The number of nitrogens with zero attached hydrogens (tertiary/aromatic N) is 2.